The third-order valence-electron chi connectivity index (χ3n) is 5.84. The molecule has 2 aromatic carbocycles. The number of benzene rings is 2. The minimum atomic E-state index is -4.44. The van der Waals surface area contributed by atoms with Crippen LogP contribution in [0.25, 0.3) is 22.4 Å². The molecule has 32 heavy (non-hydrogen) atoms. The highest BCUT2D eigenvalue weighted by atomic mass is 19.4. The summed E-state index contributed by atoms with van der Waals surface area (Å²) in [5.41, 5.74) is 1.35. The number of alkyl halides is 3. The molecular weight excluding hydrogens is 419 g/mol. The van der Waals surface area contributed by atoms with Crippen molar-refractivity contribution >= 4 is 10.9 Å². The maximum Gasteiger partial charge on any atom is 0.416 e. The third-order valence-corrected chi connectivity index (χ3v) is 5.84. The first kappa shape index (κ1) is 20.1. The summed E-state index contributed by atoms with van der Waals surface area (Å²) in [6, 6.07) is 13.0. The summed E-state index contributed by atoms with van der Waals surface area (Å²) in [6.45, 7) is 0.592. The predicted octanol–water partition coefficient (Wildman–Crippen LogP) is 5.25. The molecule has 1 aliphatic heterocycles. The molecular formula is C23H18F3N5O. The molecule has 0 fully saturated rings. The minimum absolute atomic E-state index is 0.219. The fourth-order valence-corrected chi connectivity index (χ4v) is 4.42. The minimum Gasteiger partial charge on any atom is -0.495 e. The maximum atomic E-state index is 13.6. The van der Waals surface area contributed by atoms with E-state index < -0.39 is 17.7 Å². The van der Waals surface area contributed by atoms with E-state index in [0.717, 1.165) is 11.6 Å². The summed E-state index contributed by atoms with van der Waals surface area (Å²) >= 11 is 0. The summed E-state index contributed by atoms with van der Waals surface area (Å²) in [5, 5.41) is 14.6. The molecule has 162 valence electrons. The standard InChI is InChI=1S/C23H18F3N5O/c1-32-20-13(12-27)8-9-18-16(20)11-19(28-18)21-29-22-15(6-4-10-31(22)30-21)14-5-2-3-7-17(14)23(24,25)26/h2-3,5,7-9,11,15,28H,4,6,10H2,1H3. The summed E-state index contributed by atoms with van der Waals surface area (Å²) in [4.78, 5) is 7.87. The van der Waals surface area contributed by atoms with Crippen LogP contribution in [0.3, 0.4) is 0 Å². The zero-order valence-electron chi connectivity index (χ0n) is 17.1. The fraction of sp³-hybridized carbons (Fsp3) is 0.261. The Morgan fingerprint density at radius 3 is 2.78 bits per heavy atom. The molecule has 0 radical (unpaired) electrons. The smallest absolute Gasteiger partial charge is 0.416 e. The molecule has 4 aromatic rings. The van der Waals surface area contributed by atoms with Gasteiger partial charge in [0, 0.05) is 23.4 Å². The van der Waals surface area contributed by atoms with Crippen LogP contribution in [0.2, 0.25) is 0 Å². The molecule has 9 heteroatoms. The molecule has 0 spiro atoms. The van der Waals surface area contributed by atoms with Crippen LogP contribution < -0.4 is 4.74 Å². The number of nitrogens with one attached hydrogen (secondary N) is 1. The molecule has 0 aliphatic carbocycles. The van der Waals surface area contributed by atoms with Crippen molar-refractivity contribution in [1.29, 1.82) is 5.26 Å². The summed E-state index contributed by atoms with van der Waals surface area (Å²) < 4.78 is 48.0. The van der Waals surface area contributed by atoms with Gasteiger partial charge in [-0.25, -0.2) is 9.67 Å². The van der Waals surface area contributed by atoms with Gasteiger partial charge in [0.2, 0.25) is 0 Å². The summed E-state index contributed by atoms with van der Waals surface area (Å²) in [7, 11) is 1.50. The number of hydrogen-bond donors (Lipinski definition) is 1. The van der Waals surface area contributed by atoms with Crippen molar-refractivity contribution < 1.29 is 17.9 Å². The number of halogens is 3. The van der Waals surface area contributed by atoms with Crippen molar-refractivity contribution in [2.45, 2.75) is 31.5 Å². The van der Waals surface area contributed by atoms with E-state index >= 15 is 0 Å². The topological polar surface area (TPSA) is 79.5 Å². The Kier molecular flexibility index (Phi) is 4.66. The second-order valence-electron chi connectivity index (χ2n) is 7.70. The highest BCUT2D eigenvalue weighted by molar-refractivity contribution is 5.92. The monoisotopic (exact) mass is 437 g/mol. The highest BCUT2D eigenvalue weighted by Gasteiger charge is 2.37. The predicted molar refractivity (Wildman–Crippen MR) is 111 cm³/mol. The van der Waals surface area contributed by atoms with Gasteiger partial charge in [0.25, 0.3) is 0 Å². The Hall–Kier alpha value is -3.80. The average Bonchev–Trinajstić information content (AvgIpc) is 3.41. The molecule has 1 aliphatic rings. The number of ether oxygens (including phenoxy) is 1. The van der Waals surface area contributed by atoms with Gasteiger partial charge in [-0.1, -0.05) is 18.2 Å². The van der Waals surface area contributed by atoms with Crippen LogP contribution in [-0.2, 0) is 12.7 Å². The van der Waals surface area contributed by atoms with Crippen LogP contribution in [0, 0.1) is 11.3 Å². The van der Waals surface area contributed by atoms with E-state index in [1.165, 1.54) is 19.2 Å². The van der Waals surface area contributed by atoms with Crippen molar-refractivity contribution in [3.8, 4) is 23.3 Å². The first-order valence-electron chi connectivity index (χ1n) is 10.1. The summed E-state index contributed by atoms with van der Waals surface area (Å²) in [6.07, 6.45) is -3.16. The number of aryl methyl sites for hydroxylation is 1. The SMILES string of the molecule is COc1c(C#N)ccc2[nH]c(-c3nc4n(n3)CCCC4c3ccccc3C(F)(F)F)cc12. The highest BCUT2D eigenvalue weighted by Crippen LogP contribution is 2.41. The first-order valence-corrected chi connectivity index (χ1v) is 10.1. The second kappa shape index (κ2) is 7.41. The van der Waals surface area contributed by atoms with Gasteiger partial charge in [-0.2, -0.15) is 18.4 Å². The number of rotatable bonds is 3. The van der Waals surface area contributed by atoms with Gasteiger partial charge in [0.05, 0.1) is 23.9 Å². The zero-order valence-corrected chi connectivity index (χ0v) is 17.1. The molecule has 0 amide bonds. The van der Waals surface area contributed by atoms with E-state index in [-0.39, 0.29) is 5.56 Å². The van der Waals surface area contributed by atoms with Crippen molar-refractivity contribution in [2.75, 3.05) is 7.11 Å². The van der Waals surface area contributed by atoms with Gasteiger partial charge in [0.1, 0.15) is 17.6 Å². The van der Waals surface area contributed by atoms with E-state index in [9.17, 15) is 18.4 Å². The van der Waals surface area contributed by atoms with E-state index in [1.54, 1.807) is 28.9 Å². The molecule has 0 saturated heterocycles. The van der Waals surface area contributed by atoms with Crippen LogP contribution in [0.1, 0.15) is 41.3 Å². The van der Waals surface area contributed by atoms with Crippen LogP contribution in [0.4, 0.5) is 13.2 Å². The molecule has 1 atom stereocenters. The lowest BCUT2D eigenvalue weighted by atomic mass is 9.88. The van der Waals surface area contributed by atoms with Gasteiger partial charge in [-0.3, -0.25) is 0 Å². The summed E-state index contributed by atoms with van der Waals surface area (Å²) in [5.74, 6) is 0.875. The lowest BCUT2D eigenvalue weighted by Gasteiger charge is -2.25. The quantitative estimate of drug-likeness (QED) is 0.475. The number of fused-ring (bicyclic) bond motifs is 2. The average molecular weight is 437 g/mol. The van der Waals surface area contributed by atoms with Gasteiger partial charge in [-0.05, 0) is 42.7 Å². The Morgan fingerprint density at radius 2 is 2.03 bits per heavy atom. The Bertz CT molecular complexity index is 1360. The number of aromatic amines is 1. The van der Waals surface area contributed by atoms with Crippen LogP contribution in [-0.4, -0.2) is 26.9 Å². The number of nitrogens with zero attached hydrogens (tertiary/aromatic N) is 4. The normalized spacial score (nSPS) is 16.0. The lowest BCUT2D eigenvalue weighted by Crippen LogP contribution is -2.21. The van der Waals surface area contributed by atoms with Crippen LogP contribution in [0.15, 0.2) is 42.5 Å². The van der Waals surface area contributed by atoms with Crippen molar-refractivity contribution in [3.05, 3.63) is 65.0 Å². The van der Waals surface area contributed by atoms with Crippen molar-refractivity contribution in [1.82, 2.24) is 19.7 Å². The molecule has 3 heterocycles. The van der Waals surface area contributed by atoms with E-state index in [4.69, 9.17) is 4.74 Å². The number of H-pyrrole nitrogens is 1. The number of hydrogen-bond acceptors (Lipinski definition) is 4. The molecule has 1 N–H and O–H groups in total. The molecule has 5 rings (SSSR count). The second-order valence-corrected chi connectivity index (χ2v) is 7.70. The number of nitriles is 1. The van der Waals surface area contributed by atoms with E-state index in [1.807, 2.05) is 0 Å². The molecule has 0 bridgehead atoms. The van der Waals surface area contributed by atoms with Crippen LogP contribution in [0.5, 0.6) is 5.75 Å². The Labute approximate surface area is 181 Å². The van der Waals surface area contributed by atoms with Gasteiger partial charge >= 0.3 is 6.18 Å². The van der Waals surface area contributed by atoms with Crippen LogP contribution >= 0.6 is 0 Å². The Balaban J connectivity index is 1.61. The number of methoxy groups -OCH3 is 1. The van der Waals surface area contributed by atoms with Gasteiger partial charge in [0.15, 0.2) is 5.82 Å². The molecule has 1 unspecified atom stereocenters. The zero-order chi connectivity index (χ0) is 22.5. The first-order chi connectivity index (χ1) is 15.4. The maximum absolute atomic E-state index is 13.6. The number of aromatic nitrogens is 4. The third kappa shape index (κ3) is 3.19. The molecule has 6 nitrogen and oxygen atoms in total. The van der Waals surface area contributed by atoms with Gasteiger partial charge < -0.3 is 9.72 Å². The van der Waals surface area contributed by atoms with Crippen molar-refractivity contribution in [3.63, 3.8) is 0 Å². The Morgan fingerprint density at radius 1 is 1.22 bits per heavy atom. The van der Waals surface area contributed by atoms with Crippen molar-refractivity contribution in [2.24, 2.45) is 0 Å². The molecule has 0 saturated carbocycles. The lowest BCUT2D eigenvalue weighted by molar-refractivity contribution is -0.138. The van der Waals surface area contributed by atoms with E-state index in [2.05, 4.69) is 21.1 Å². The largest absolute Gasteiger partial charge is 0.495 e. The fourth-order valence-electron chi connectivity index (χ4n) is 4.42. The van der Waals surface area contributed by atoms with E-state index in [0.29, 0.717) is 53.4 Å². The van der Waals surface area contributed by atoms with Gasteiger partial charge in [-0.15, -0.1) is 5.10 Å². The molecule has 2 aromatic heterocycles.